The van der Waals surface area contributed by atoms with Gasteiger partial charge in [0.1, 0.15) is 10.7 Å². The van der Waals surface area contributed by atoms with Crippen LogP contribution in [0.4, 0.5) is 16.0 Å². The lowest BCUT2D eigenvalue weighted by Gasteiger charge is -2.09. The molecule has 0 amide bonds. The van der Waals surface area contributed by atoms with Crippen molar-refractivity contribution in [1.29, 1.82) is 0 Å². The number of nitrogen functional groups attached to an aromatic ring is 1. The average Bonchev–Trinajstić information content (AvgIpc) is 2.65. The summed E-state index contributed by atoms with van der Waals surface area (Å²) in [6.07, 6.45) is 0. The number of anilines is 2. The van der Waals surface area contributed by atoms with E-state index in [1.165, 1.54) is 0 Å². The monoisotopic (exact) mass is 363 g/mol. The molecule has 2 rings (SSSR count). The molecular formula is C11H11BrFN3O3S. The third-order valence-corrected chi connectivity index (χ3v) is 5.01. The Hall–Kier alpha value is -1.61. The lowest BCUT2D eigenvalue weighted by Crippen LogP contribution is -2.14. The summed E-state index contributed by atoms with van der Waals surface area (Å²) >= 11 is 2.99. The maximum Gasteiger partial charge on any atom is 0.265 e. The Kier molecular flexibility index (Phi) is 3.74. The number of hydrogen-bond donors (Lipinski definition) is 2. The molecule has 0 radical (unpaired) electrons. The first-order valence-electron chi connectivity index (χ1n) is 5.42. The highest BCUT2D eigenvalue weighted by Crippen LogP contribution is 2.29. The maximum absolute atomic E-state index is 13.2. The Labute approximate surface area is 123 Å². The molecule has 0 bridgehead atoms. The highest BCUT2D eigenvalue weighted by Gasteiger charge is 2.23. The van der Waals surface area contributed by atoms with E-state index in [0.29, 0.717) is 11.3 Å². The highest BCUT2D eigenvalue weighted by atomic mass is 79.9. The Morgan fingerprint density at radius 1 is 1.40 bits per heavy atom. The molecule has 9 heteroatoms. The fraction of sp³-hybridized carbons (Fsp3) is 0.182. The first-order chi connectivity index (χ1) is 9.22. The summed E-state index contributed by atoms with van der Waals surface area (Å²) in [5, 5.41) is 3.65. The molecule has 20 heavy (non-hydrogen) atoms. The van der Waals surface area contributed by atoms with Crippen LogP contribution in [-0.2, 0) is 10.0 Å². The van der Waals surface area contributed by atoms with E-state index in [4.69, 9.17) is 10.3 Å². The highest BCUT2D eigenvalue weighted by molar-refractivity contribution is 9.10. The van der Waals surface area contributed by atoms with Crippen LogP contribution in [0.1, 0.15) is 11.3 Å². The lowest BCUT2D eigenvalue weighted by molar-refractivity contribution is 0.430. The van der Waals surface area contributed by atoms with Crippen LogP contribution in [0.5, 0.6) is 0 Å². The van der Waals surface area contributed by atoms with Gasteiger partial charge in [-0.3, -0.25) is 0 Å². The fourth-order valence-corrected chi connectivity index (χ4v) is 3.54. The van der Waals surface area contributed by atoms with Crippen LogP contribution in [0, 0.1) is 19.7 Å². The molecule has 1 aromatic heterocycles. The molecular weight excluding hydrogens is 353 g/mol. The van der Waals surface area contributed by atoms with Crippen molar-refractivity contribution < 1.29 is 17.3 Å². The number of sulfonamides is 1. The number of aryl methyl sites for hydroxylation is 1. The van der Waals surface area contributed by atoms with Crippen LogP contribution < -0.4 is 10.5 Å². The van der Waals surface area contributed by atoms with E-state index in [-0.39, 0.29) is 20.9 Å². The van der Waals surface area contributed by atoms with Gasteiger partial charge in [0.25, 0.3) is 10.0 Å². The van der Waals surface area contributed by atoms with Gasteiger partial charge in [0.15, 0.2) is 0 Å². The van der Waals surface area contributed by atoms with Gasteiger partial charge in [0.05, 0.1) is 11.4 Å². The normalized spacial score (nSPS) is 11.6. The standard InChI is InChI=1S/C11H11BrFN3O3S/c1-5-6(2)15-19-11(5)16-20(17,18)10-4-9(14)8(13)3-7(10)12/h3-4,16H,14H2,1-2H3. The van der Waals surface area contributed by atoms with Crippen LogP contribution in [0.25, 0.3) is 0 Å². The lowest BCUT2D eigenvalue weighted by atomic mass is 10.3. The maximum atomic E-state index is 13.2. The molecule has 0 saturated heterocycles. The van der Waals surface area contributed by atoms with E-state index in [2.05, 4.69) is 25.8 Å². The smallest absolute Gasteiger partial charge is 0.265 e. The molecule has 6 nitrogen and oxygen atoms in total. The molecule has 1 heterocycles. The molecule has 0 fully saturated rings. The fourth-order valence-electron chi connectivity index (χ4n) is 1.44. The average molecular weight is 364 g/mol. The third-order valence-electron chi connectivity index (χ3n) is 2.72. The van der Waals surface area contributed by atoms with Crippen molar-refractivity contribution in [3.05, 3.63) is 33.7 Å². The van der Waals surface area contributed by atoms with Gasteiger partial charge in [0.2, 0.25) is 5.88 Å². The van der Waals surface area contributed by atoms with Crippen molar-refractivity contribution in [2.75, 3.05) is 10.5 Å². The molecule has 0 aliphatic heterocycles. The number of halogens is 2. The zero-order valence-electron chi connectivity index (χ0n) is 10.6. The van der Waals surface area contributed by atoms with Crippen LogP contribution >= 0.6 is 15.9 Å². The first kappa shape index (κ1) is 14.8. The van der Waals surface area contributed by atoms with Crippen molar-refractivity contribution >= 4 is 37.5 Å². The molecule has 0 saturated carbocycles. The van der Waals surface area contributed by atoms with Gasteiger partial charge in [-0.1, -0.05) is 5.16 Å². The number of nitrogens with two attached hydrogens (primary N) is 1. The molecule has 0 spiro atoms. The topological polar surface area (TPSA) is 98.2 Å². The SMILES string of the molecule is Cc1noc(NS(=O)(=O)c2cc(N)c(F)cc2Br)c1C. The predicted molar refractivity (Wildman–Crippen MR) is 75.3 cm³/mol. The van der Waals surface area contributed by atoms with Gasteiger partial charge in [-0.2, -0.15) is 0 Å². The van der Waals surface area contributed by atoms with Crippen LogP contribution in [0.15, 0.2) is 26.0 Å². The quantitative estimate of drug-likeness (QED) is 0.816. The summed E-state index contributed by atoms with van der Waals surface area (Å²) in [4.78, 5) is -0.190. The molecule has 108 valence electrons. The van der Waals surface area contributed by atoms with Gasteiger partial charge in [-0.05, 0) is 41.9 Å². The Balaban J connectivity index is 2.46. The van der Waals surface area contributed by atoms with Crippen LogP contribution in [-0.4, -0.2) is 13.6 Å². The molecule has 0 aliphatic rings. The van der Waals surface area contributed by atoms with Crippen LogP contribution in [0.3, 0.4) is 0 Å². The second kappa shape index (κ2) is 5.06. The predicted octanol–water partition coefficient (Wildman–Crippen LogP) is 2.58. The van der Waals surface area contributed by atoms with Gasteiger partial charge < -0.3 is 10.3 Å². The van der Waals surface area contributed by atoms with Crippen molar-refractivity contribution in [2.24, 2.45) is 0 Å². The number of aromatic nitrogens is 1. The zero-order valence-corrected chi connectivity index (χ0v) is 13.0. The number of benzene rings is 1. The second-order valence-electron chi connectivity index (χ2n) is 4.13. The largest absolute Gasteiger partial charge is 0.396 e. The zero-order chi connectivity index (χ0) is 15.1. The van der Waals surface area contributed by atoms with Crippen molar-refractivity contribution in [3.63, 3.8) is 0 Å². The molecule has 0 atom stereocenters. The van der Waals surface area contributed by atoms with E-state index < -0.39 is 15.8 Å². The summed E-state index contributed by atoms with van der Waals surface area (Å²) in [6, 6.07) is 2.02. The molecule has 1 aromatic carbocycles. The van der Waals surface area contributed by atoms with Gasteiger partial charge in [0, 0.05) is 10.0 Å². The summed E-state index contributed by atoms with van der Waals surface area (Å²) in [6.45, 7) is 3.35. The van der Waals surface area contributed by atoms with E-state index in [9.17, 15) is 12.8 Å². The minimum absolute atomic E-state index is 0.0114. The Bertz CT molecular complexity index is 773. The number of nitrogens with zero attached hydrogens (tertiary/aromatic N) is 1. The summed E-state index contributed by atoms with van der Waals surface area (Å²) in [7, 11) is -3.97. The van der Waals surface area contributed by atoms with E-state index in [0.717, 1.165) is 12.1 Å². The van der Waals surface area contributed by atoms with Crippen LogP contribution in [0.2, 0.25) is 0 Å². The van der Waals surface area contributed by atoms with Gasteiger partial charge in [-0.15, -0.1) is 0 Å². The molecule has 0 aliphatic carbocycles. The van der Waals surface area contributed by atoms with E-state index in [1.807, 2.05) is 0 Å². The summed E-state index contributed by atoms with van der Waals surface area (Å²) in [5.41, 5.74) is 6.26. The van der Waals surface area contributed by atoms with Crippen molar-refractivity contribution in [3.8, 4) is 0 Å². The molecule has 2 aromatic rings. The van der Waals surface area contributed by atoms with Gasteiger partial charge in [-0.25, -0.2) is 17.5 Å². The minimum Gasteiger partial charge on any atom is -0.396 e. The molecule has 0 unspecified atom stereocenters. The number of hydrogen-bond acceptors (Lipinski definition) is 5. The van der Waals surface area contributed by atoms with Gasteiger partial charge >= 0.3 is 0 Å². The van der Waals surface area contributed by atoms with E-state index in [1.54, 1.807) is 13.8 Å². The number of rotatable bonds is 3. The second-order valence-corrected chi connectivity index (χ2v) is 6.64. The van der Waals surface area contributed by atoms with E-state index >= 15 is 0 Å². The number of nitrogens with one attached hydrogen (secondary N) is 1. The third kappa shape index (κ3) is 2.63. The minimum atomic E-state index is -3.97. The Morgan fingerprint density at radius 3 is 2.60 bits per heavy atom. The molecule has 3 N–H and O–H groups in total. The first-order valence-corrected chi connectivity index (χ1v) is 7.70. The van der Waals surface area contributed by atoms with Crippen molar-refractivity contribution in [1.82, 2.24) is 5.16 Å². The Morgan fingerprint density at radius 2 is 2.05 bits per heavy atom. The van der Waals surface area contributed by atoms with Crippen molar-refractivity contribution in [2.45, 2.75) is 18.7 Å². The summed E-state index contributed by atoms with van der Waals surface area (Å²) < 4.78 is 44.9. The summed E-state index contributed by atoms with van der Waals surface area (Å²) in [5.74, 6) is -0.695.